The molecule has 1 atom stereocenters. The number of carbonyl (C=O) groups excluding carboxylic acids is 1. The van der Waals surface area contributed by atoms with Crippen molar-refractivity contribution >= 4 is 17.7 Å². The fraction of sp³-hybridized carbons (Fsp3) is 0.375. The van der Waals surface area contributed by atoms with Crippen molar-refractivity contribution in [2.24, 2.45) is 0 Å². The maximum atomic E-state index is 11.9. The number of nitrogens with zero attached hydrogens (tertiary/aromatic N) is 1. The lowest BCUT2D eigenvalue weighted by Crippen LogP contribution is -2.38. The third-order valence-corrected chi connectivity index (χ3v) is 5.17. The van der Waals surface area contributed by atoms with Gasteiger partial charge in [0, 0.05) is 17.5 Å². The topological polar surface area (TPSA) is 72.8 Å². The summed E-state index contributed by atoms with van der Waals surface area (Å²) in [4.78, 5) is 13.8. The molecule has 0 spiro atoms. The molecule has 0 fully saturated rings. The highest BCUT2D eigenvalue weighted by atomic mass is 16.3. The van der Waals surface area contributed by atoms with Gasteiger partial charge in [0.1, 0.15) is 11.5 Å². The number of rotatable bonds is 3. The molecule has 0 radical (unpaired) electrons. The third-order valence-electron chi connectivity index (χ3n) is 5.17. The monoisotopic (exact) mass is 394 g/mol. The summed E-state index contributed by atoms with van der Waals surface area (Å²) in [6.07, 6.45) is 2.25. The molecule has 154 valence electrons. The molecule has 2 aromatic rings. The van der Waals surface area contributed by atoms with Gasteiger partial charge in [-0.3, -0.25) is 4.79 Å². The standard InChI is InChI=1S/C24H30N2O3/c1-23(2,3)18-11-15(28)7-9-17(18)20-13-26(22(14-27)25-20)21-10-8-16(29)12-19(21)24(4,5)6/h7-14,22,25,28-29H,1-6H3. The molecule has 5 heteroatoms. The predicted molar refractivity (Wildman–Crippen MR) is 117 cm³/mol. The Hall–Kier alpha value is -2.95. The maximum absolute atomic E-state index is 11.9. The Kier molecular flexibility index (Phi) is 5.11. The van der Waals surface area contributed by atoms with Crippen LogP contribution >= 0.6 is 0 Å². The van der Waals surface area contributed by atoms with E-state index < -0.39 is 6.17 Å². The smallest absolute Gasteiger partial charge is 0.163 e. The summed E-state index contributed by atoms with van der Waals surface area (Å²) in [5.41, 5.74) is 4.17. The summed E-state index contributed by atoms with van der Waals surface area (Å²) < 4.78 is 0. The van der Waals surface area contributed by atoms with Crippen molar-refractivity contribution in [1.82, 2.24) is 5.32 Å². The molecule has 0 aromatic heterocycles. The molecule has 3 N–H and O–H groups in total. The van der Waals surface area contributed by atoms with Crippen LogP contribution in [-0.4, -0.2) is 22.7 Å². The molecular weight excluding hydrogens is 364 g/mol. The number of phenols is 2. The minimum absolute atomic E-state index is 0.185. The van der Waals surface area contributed by atoms with Crippen LogP contribution in [0.25, 0.3) is 5.70 Å². The molecule has 29 heavy (non-hydrogen) atoms. The number of hydrogen-bond acceptors (Lipinski definition) is 5. The number of aromatic hydroxyl groups is 2. The van der Waals surface area contributed by atoms with E-state index in [2.05, 4.69) is 46.9 Å². The Morgan fingerprint density at radius 2 is 1.45 bits per heavy atom. The largest absolute Gasteiger partial charge is 0.508 e. The van der Waals surface area contributed by atoms with Gasteiger partial charge in [-0.1, -0.05) is 41.5 Å². The average molecular weight is 395 g/mol. The summed E-state index contributed by atoms with van der Waals surface area (Å²) in [7, 11) is 0. The molecule has 1 aliphatic heterocycles. The summed E-state index contributed by atoms with van der Waals surface area (Å²) in [5, 5.41) is 23.3. The van der Waals surface area contributed by atoms with Crippen molar-refractivity contribution in [1.29, 1.82) is 0 Å². The Morgan fingerprint density at radius 1 is 0.897 bits per heavy atom. The van der Waals surface area contributed by atoms with Crippen molar-refractivity contribution in [3.63, 3.8) is 0 Å². The highest BCUT2D eigenvalue weighted by molar-refractivity contribution is 5.82. The van der Waals surface area contributed by atoms with Gasteiger partial charge in [-0.05, 0) is 58.4 Å². The van der Waals surface area contributed by atoms with Crippen molar-refractivity contribution in [3.8, 4) is 11.5 Å². The average Bonchev–Trinajstić information content (AvgIpc) is 3.04. The van der Waals surface area contributed by atoms with E-state index in [0.29, 0.717) is 0 Å². The van der Waals surface area contributed by atoms with Crippen molar-refractivity contribution in [3.05, 3.63) is 59.3 Å². The Balaban J connectivity index is 2.15. The van der Waals surface area contributed by atoms with Crippen molar-refractivity contribution in [2.45, 2.75) is 58.5 Å². The maximum Gasteiger partial charge on any atom is 0.163 e. The first kappa shape index (κ1) is 20.8. The van der Waals surface area contributed by atoms with Crippen molar-refractivity contribution < 1.29 is 15.0 Å². The van der Waals surface area contributed by atoms with E-state index in [1.807, 2.05) is 23.2 Å². The SMILES string of the molecule is CC(C)(C)c1cc(O)ccc1C1=CN(c2ccc(O)cc2C(C)(C)C)C(C=O)N1. The summed E-state index contributed by atoms with van der Waals surface area (Å²) in [6.45, 7) is 12.5. The predicted octanol–water partition coefficient (Wildman–Crippen LogP) is 4.63. The normalized spacial score (nSPS) is 17.1. The van der Waals surface area contributed by atoms with Gasteiger partial charge in [0.25, 0.3) is 0 Å². The number of hydrogen-bond donors (Lipinski definition) is 3. The zero-order chi connectivity index (χ0) is 21.6. The van der Waals surface area contributed by atoms with Gasteiger partial charge in [0.15, 0.2) is 12.5 Å². The van der Waals surface area contributed by atoms with E-state index in [1.54, 1.807) is 24.3 Å². The third kappa shape index (κ3) is 4.09. The fourth-order valence-electron chi connectivity index (χ4n) is 3.69. The first-order chi connectivity index (χ1) is 13.4. The van der Waals surface area contributed by atoms with Gasteiger partial charge in [0.05, 0.1) is 5.70 Å². The summed E-state index contributed by atoms with van der Waals surface area (Å²) in [5.74, 6) is 0.417. The highest BCUT2D eigenvalue weighted by Gasteiger charge is 2.31. The van der Waals surface area contributed by atoms with E-state index >= 15 is 0 Å². The highest BCUT2D eigenvalue weighted by Crippen LogP contribution is 2.39. The summed E-state index contributed by atoms with van der Waals surface area (Å²) in [6, 6.07) is 10.5. The van der Waals surface area contributed by atoms with Crippen LogP contribution in [0, 0.1) is 0 Å². The molecule has 0 saturated heterocycles. The molecule has 0 bridgehead atoms. The second kappa shape index (κ2) is 7.14. The number of nitrogens with one attached hydrogen (secondary N) is 1. The van der Waals surface area contributed by atoms with E-state index in [4.69, 9.17) is 0 Å². The van der Waals surface area contributed by atoms with Crippen molar-refractivity contribution in [2.75, 3.05) is 4.90 Å². The molecule has 0 amide bonds. The van der Waals surface area contributed by atoms with Crippen LogP contribution < -0.4 is 10.2 Å². The van der Waals surface area contributed by atoms with Gasteiger partial charge in [-0.25, -0.2) is 0 Å². The van der Waals surface area contributed by atoms with Gasteiger partial charge in [-0.2, -0.15) is 0 Å². The van der Waals surface area contributed by atoms with E-state index in [1.165, 1.54) is 0 Å². The molecule has 0 aliphatic carbocycles. The van der Waals surface area contributed by atoms with Gasteiger partial charge in [-0.15, -0.1) is 0 Å². The lowest BCUT2D eigenvalue weighted by Gasteiger charge is -2.29. The number of phenolic OH excluding ortho intramolecular Hbond substituents is 2. The van der Waals surface area contributed by atoms with Crippen LogP contribution in [0.15, 0.2) is 42.6 Å². The first-order valence-electron chi connectivity index (χ1n) is 9.81. The second-order valence-corrected chi connectivity index (χ2v) is 9.61. The minimum atomic E-state index is -0.558. The molecule has 0 saturated carbocycles. The van der Waals surface area contributed by atoms with E-state index in [0.717, 1.165) is 34.4 Å². The summed E-state index contributed by atoms with van der Waals surface area (Å²) >= 11 is 0. The van der Waals surface area contributed by atoms with Crippen LogP contribution in [0.1, 0.15) is 58.2 Å². The lowest BCUT2D eigenvalue weighted by atomic mass is 9.83. The number of anilines is 1. The number of aldehydes is 1. The molecule has 1 aliphatic rings. The minimum Gasteiger partial charge on any atom is -0.508 e. The van der Waals surface area contributed by atoms with Gasteiger partial charge < -0.3 is 20.4 Å². The van der Waals surface area contributed by atoms with Gasteiger partial charge in [0.2, 0.25) is 0 Å². The van der Waals surface area contributed by atoms with Crippen LogP contribution in [0.5, 0.6) is 11.5 Å². The number of benzene rings is 2. The molecule has 1 heterocycles. The fourth-order valence-corrected chi connectivity index (χ4v) is 3.69. The number of carbonyl (C=O) groups is 1. The quantitative estimate of drug-likeness (QED) is 0.662. The second-order valence-electron chi connectivity index (χ2n) is 9.61. The van der Waals surface area contributed by atoms with Crippen LogP contribution in [0.2, 0.25) is 0 Å². The zero-order valence-electron chi connectivity index (χ0n) is 17.9. The van der Waals surface area contributed by atoms with Gasteiger partial charge >= 0.3 is 0 Å². The Labute approximate surface area is 172 Å². The first-order valence-corrected chi connectivity index (χ1v) is 9.81. The van der Waals surface area contributed by atoms with Crippen LogP contribution in [0.4, 0.5) is 5.69 Å². The molecule has 2 aromatic carbocycles. The zero-order valence-corrected chi connectivity index (χ0v) is 17.9. The van der Waals surface area contributed by atoms with Crippen LogP contribution in [-0.2, 0) is 15.6 Å². The molecule has 5 nitrogen and oxygen atoms in total. The molecule has 3 rings (SSSR count). The van der Waals surface area contributed by atoms with E-state index in [9.17, 15) is 15.0 Å². The molecule has 1 unspecified atom stereocenters. The van der Waals surface area contributed by atoms with Crippen LogP contribution in [0.3, 0.4) is 0 Å². The molecular formula is C24H30N2O3. The lowest BCUT2D eigenvalue weighted by molar-refractivity contribution is -0.109. The Bertz CT molecular complexity index is 965. The Morgan fingerprint density at radius 3 is 2.00 bits per heavy atom. The van der Waals surface area contributed by atoms with E-state index in [-0.39, 0.29) is 22.3 Å².